The van der Waals surface area contributed by atoms with Crippen molar-refractivity contribution in [3.63, 3.8) is 0 Å². The minimum Gasteiger partial charge on any atom is -0.324 e. The van der Waals surface area contributed by atoms with Crippen LogP contribution in [0.3, 0.4) is 0 Å². The van der Waals surface area contributed by atoms with Gasteiger partial charge in [-0.2, -0.15) is 0 Å². The molecule has 1 atom stereocenters. The van der Waals surface area contributed by atoms with Crippen LogP contribution in [-0.2, 0) is 4.79 Å². The molecule has 2 nitrogen and oxygen atoms in total. The number of nitrogens with one attached hydrogen (secondary N) is 1. The molecular weight excluding hydrogens is 300 g/mol. The van der Waals surface area contributed by atoms with Crippen molar-refractivity contribution in [1.29, 1.82) is 0 Å². The second kappa shape index (κ2) is 4.81. The van der Waals surface area contributed by atoms with Crippen molar-refractivity contribution >= 4 is 45.8 Å². The molecule has 0 unspecified atom stereocenters. The Morgan fingerprint density at radius 3 is 2.69 bits per heavy atom. The summed E-state index contributed by atoms with van der Waals surface area (Å²) < 4.78 is -0.0612. The van der Waals surface area contributed by atoms with E-state index in [4.69, 9.17) is 11.6 Å². The summed E-state index contributed by atoms with van der Waals surface area (Å²) in [6.45, 7) is 1.83. The Balaban J connectivity index is 2.75. The van der Waals surface area contributed by atoms with Gasteiger partial charge in [-0.05, 0) is 19.1 Å². The highest BCUT2D eigenvalue weighted by Gasteiger charge is 2.09. The highest BCUT2D eigenvalue weighted by molar-refractivity contribution is 14.1. The standard InChI is InChI=1S/C9H9ClINO/c1-6(11)9(13)12-8-5-3-2-4-7(8)10/h2-6H,1H3,(H,12,13)/t6-/m1/s1. The van der Waals surface area contributed by atoms with E-state index in [-0.39, 0.29) is 9.83 Å². The first-order valence-corrected chi connectivity index (χ1v) is 5.43. The minimum atomic E-state index is -0.0612. The van der Waals surface area contributed by atoms with Crippen LogP contribution in [0.5, 0.6) is 0 Å². The van der Waals surface area contributed by atoms with E-state index >= 15 is 0 Å². The molecule has 4 heteroatoms. The van der Waals surface area contributed by atoms with Crippen molar-refractivity contribution in [3.05, 3.63) is 29.3 Å². The molecule has 0 saturated heterocycles. The van der Waals surface area contributed by atoms with E-state index in [2.05, 4.69) is 27.9 Å². The van der Waals surface area contributed by atoms with Crippen LogP contribution in [0.25, 0.3) is 0 Å². The van der Waals surface area contributed by atoms with Crippen LogP contribution in [0.2, 0.25) is 5.02 Å². The maximum Gasteiger partial charge on any atom is 0.237 e. The van der Waals surface area contributed by atoms with Crippen LogP contribution in [0.15, 0.2) is 24.3 Å². The summed E-state index contributed by atoms with van der Waals surface area (Å²) in [4.78, 5) is 11.3. The molecule has 0 bridgehead atoms. The summed E-state index contributed by atoms with van der Waals surface area (Å²) in [6, 6.07) is 7.18. The SMILES string of the molecule is C[C@@H](I)C(=O)Nc1ccccc1Cl. The van der Waals surface area contributed by atoms with Crippen LogP contribution < -0.4 is 5.32 Å². The van der Waals surface area contributed by atoms with Crippen LogP contribution >= 0.6 is 34.2 Å². The third-order valence-electron chi connectivity index (χ3n) is 1.49. The minimum absolute atomic E-state index is 0.0336. The van der Waals surface area contributed by atoms with Crippen LogP contribution in [0.4, 0.5) is 5.69 Å². The number of benzene rings is 1. The van der Waals surface area contributed by atoms with Crippen molar-refractivity contribution in [2.75, 3.05) is 5.32 Å². The Hall–Kier alpha value is -0.290. The van der Waals surface area contributed by atoms with E-state index in [1.165, 1.54) is 0 Å². The number of carbonyl (C=O) groups is 1. The number of halogens is 2. The molecule has 1 aromatic rings. The van der Waals surface area contributed by atoms with Crippen molar-refractivity contribution in [3.8, 4) is 0 Å². The second-order valence-corrected chi connectivity index (χ2v) is 4.86. The van der Waals surface area contributed by atoms with E-state index < -0.39 is 0 Å². The molecule has 0 saturated carbocycles. The lowest BCUT2D eigenvalue weighted by Crippen LogP contribution is -2.19. The average molecular weight is 310 g/mol. The topological polar surface area (TPSA) is 29.1 Å². The number of hydrogen-bond donors (Lipinski definition) is 1. The molecule has 0 aliphatic heterocycles. The smallest absolute Gasteiger partial charge is 0.237 e. The van der Waals surface area contributed by atoms with Gasteiger partial charge in [0.25, 0.3) is 0 Å². The largest absolute Gasteiger partial charge is 0.324 e. The third kappa shape index (κ3) is 3.15. The number of rotatable bonds is 2. The van der Waals surface area contributed by atoms with Gasteiger partial charge in [-0.1, -0.05) is 46.3 Å². The summed E-state index contributed by atoms with van der Waals surface area (Å²) >= 11 is 7.91. The van der Waals surface area contributed by atoms with Crippen molar-refractivity contribution in [2.24, 2.45) is 0 Å². The summed E-state index contributed by atoms with van der Waals surface area (Å²) in [6.07, 6.45) is 0. The fourth-order valence-electron chi connectivity index (χ4n) is 0.795. The summed E-state index contributed by atoms with van der Waals surface area (Å²) in [7, 11) is 0. The predicted molar refractivity (Wildman–Crippen MR) is 63.6 cm³/mol. The van der Waals surface area contributed by atoms with E-state index in [0.29, 0.717) is 10.7 Å². The van der Waals surface area contributed by atoms with Gasteiger partial charge in [-0.15, -0.1) is 0 Å². The number of alkyl halides is 1. The summed E-state index contributed by atoms with van der Waals surface area (Å²) in [5, 5.41) is 3.29. The van der Waals surface area contributed by atoms with E-state index in [0.717, 1.165) is 0 Å². The monoisotopic (exact) mass is 309 g/mol. The molecule has 1 aromatic carbocycles. The lowest BCUT2D eigenvalue weighted by molar-refractivity contribution is -0.115. The van der Waals surface area contributed by atoms with Gasteiger partial charge in [-0.25, -0.2) is 0 Å². The first-order valence-electron chi connectivity index (χ1n) is 3.80. The highest BCUT2D eigenvalue weighted by atomic mass is 127. The Morgan fingerprint density at radius 2 is 2.15 bits per heavy atom. The fourth-order valence-corrected chi connectivity index (χ4v) is 1.13. The van der Waals surface area contributed by atoms with E-state index in [1.54, 1.807) is 12.1 Å². The first kappa shape index (κ1) is 10.8. The molecule has 0 aliphatic rings. The molecule has 0 aliphatic carbocycles. The maximum atomic E-state index is 11.3. The van der Waals surface area contributed by atoms with Crippen LogP contribution in [0.1, 0.15) is 6.92 Å². The summed E-state index contributed by atoms with van der Waals surface area (Å²) in [5.74, 6) is -0.0336. The molecule has 0 heterocycles. The summed E-state index contributed by atoms with van der Waals surface area (Å²) in [5.41, 5.74) is 0.665. The van der Waals surface area contributed by atoms with Crippen LogP contribution in [0, 0.1) is 0 Å². The fraction of sp³-hybridized carbons (Fsp3) is 0.222. The second-order valence-electron chi connectivity index (χ2n) is 2.59. The molecule has 0 spiro atoms. The van der Waals surface area contributed by atoms with Crippen molar-refractivity contribution in [1.82, 2.24) is 0 Å². The zero-order chi connectivity index (χ0) is 9.84. The van der Waals surface area contributed by atoms with Gasteiger partial charge >= 0.3 is 0 Å². The normalized spacial score (nSPS) is 12.2. The molecule has 1 rings (SSSR count). The molecule has 70 valence electrons. The predicted octanol–water partition coefficient (Wildman–Crippen LogP) is 3.10. The lowest BCUT2D eigenvalue weighted by Gasteiger charge is -2.07. The van der Waals surface area contributed by atoms with Gasteiger partial charge in [0.15, 0.2) is 0 Å². The molecule has 13 heavy (non-hydrogen) atoms. The molecule has 1 amide bonds. The molecule has 0 aromatic heterocycles. The van der Waals surface area contributed by atoms with E-state index in [9.17, 15) is 4.79 Å². The molecule has 0 radical (unpaired) electrons. The number of hydrogen-bond acceptors (Lipinski definition) is 1. The molecule has 1 N–H and O–H groups in total. The van der Waals surface area contributed by atoms with Gasteiger partial charge in [0, 0.05) is 0 Å². The number of anilines is 1. The molecular formula is C9H9ClINO. The van der Waals surface area contributed by atoms with Crippen LogP contribution in [-0.4, -0.2) is 9.83 Å². The Morgan fingerprint density at radius 1 is 1.54 bits per heavy atom. The number of carbonyl (C=O) groups excluding carboxylic acids is 1. The van der Waals surface area contributed by atoms with Gasteiger partial charge in [-0.3, -0.25) is 4.79 Å². The average Bonchev–Trinajstić information content (AvgIpc) is 2.08. The first-order chi connectivity index (χ1) is 6.11. The zero-order valence-electron chi connectivity index (χ0n) is 7.05. The number of para-hydroxylation sites is 1. The van der Waals surface area contributed by atoms with Crippen molar-refractivity contribution < 1.29 is 4.79 Å². The van der Waals surface area contributed by atoms with E-state index in [1.807, 2.05) is 19.1 Å². The zero-order valence-corrected chi connectivity index (χ0v) is 9.96. The molecule has 0 fully saturated rings. The highest BCUT2D eigenvalue weighted by Crippen LogP contribution is 2.20. The van der Waals surface area contributed by atoms with Gasteiger partial charge in [0.1, 0.15) is 0 Å². The lowest BCUT2D eigenvalue weighted by atomic mass is 10.3. The number of amides is 1. The Kier molecular flexibility index (Phi) is 3.99. The van der Waals surface area contributed by atoms with Crippen molar-refractivity contribution in [2.45, 2.75) is 10.8 Å². The van der Waals surface area contributed by atoms with Gasteiger partial charge < -0.3 is 5.32 Å². The van der Waals surface area contributed by atoms with Gasteiger partial charge in [0.2, 0.25) is 5.91 Å². The Bertz CT molecular complexity index is 314. The maximum absolute atomic E-state index is 11.3. The quantitative estimate of drug-likeness (QED) is 0.660. The Labute approximate surface area is 95.8 Å². The van der Waals surface area contributed by atoms with Gasteiger partial charge in [0.05, 0.1) is 14.6 Å². The third-order valence-corrected chi connectivity index (χ3v) is 2.39.